The predicted octanol–water partition coefficient (Wildman–Crippen LogP) is 2.61. The van der Waals surface area contributed by atoms with E-state index in [2.05, 4.69) is 0 Å². The van der Waals surface area contributed by atoms with Crippen LogP contribution < -0.4 is 4.74 Å². The molecule has 1 aromatic heterocycles. The first-order valence-electron chi connectivity index (χ1n) is 5.93. The summed E-state index contributed by atoms with van der Waals surface area (Å²) in [5.41, 5.74) is 1.40. The summed E-state index contributed by atoms with van der Waals surface area (Å²) in [6.45, 7) is 1.89. The SMILES string of the molecule is Cc1ccc(S(=O)(=O)n2sc(=O)c3ccccc32)cc1. The monoisotopic (exact) mass is 305 g/mol. The molecule has 0 saturated carbocycles. The van der Waals surface area contributed by atoms with Crippen LogP contribution in [-0.4, -0.2) is 11.8 Å². The van der Waals surface area contributed by atoms with E-state index >= 15 is 0 Å². The number of nitrogens with zero attached hydrogens (tertiary/aromatic N) is 1. The van der Waals surface area contributed by atoms with Gasteiger partial charge in [-0.1, -0.05) is 29.8 Å². The smallest absolute Gasteiger partial charge is 0.276 e. The fourth-order valence-electron chi connectivity index (χ4n) is 1.96. The van der Waals surface area contributed by atoms with Gasteiger partial charge in [0.2, 0.25) is 0 Å². The molecule has 0 radical (unpaired) electrons. The molecular weight excluding hydrogens is 294 g/mol. The lowest BCUT2D eigenvalue weighted by molar-refractivity contribution is 0.592. The van der Waals surface area contributed by atoms with Gasteiger partial charge in [0.25, 0.3) is 14.8 Å². The van der Waals surface area contributed by atoms with E-state index in [1.165, 1.54) is 0 Å². The van der Waals surface area contributed by atoms with Crippen molar-refractivity contribution in [1.29, 1.82) is 0 Å². The van der Waals surface area contributed by atoms with Gasteiger partial charge in [0.15, 0.2) is 0 Å². The highest BCUT2D eigenvalue weighted by Gasteiger charge is 2.21. The molecule has 20 heavy (non-hydrogen) atoms. The Kier molecular flexibility index (Phi) is 2.99. The van der Waals surface area contributed by atoms with Crippen molar-refractivity contribution in [2.45, 2.75) is 11.8 Å². The molecule has 2 aromatic carbocycles. The molecule has 0 saturated heterocycles. The summed E-state index contributed by atoms with van der Waals surface area (Å²) in [6.07, 6.45) is 0. The maximum atomic E-state index is 12.6. The van der Waals surface area contributed by atoms with Gasteiger partial charge >= 0.3 is 0 Å². The number of rotatable bonds is 2. The van der Waals surface area contributed by atoms with E-state index in [-0.39, 0.29) is 9.64 Å². The Morgan fingerprint density at radius 2 is 1.65 bits per heavy atom. The largest absolute Gasteiger partial charge is 0.277 e. The highest BCUT2D eigenvalue weighted by atomic mass is 32.3. The number of aromatic nitrogens is 1. The minimum Gasteiger partial charge on any atom is -0.276 e. The zero-order valence-electron chi connectivity index (χ0n) is 10.6. The van der Waals surface area contributed by atoms with E-state index in [1.54, 1.807) is 48.5 Å². The van der Waals surface area contributed by atoms with Gasteiger partial charge in [0.05, 0.1) is 15.8 Å². The van der Waals surface area contributed by atoms with Crippen molar-refractivity contribution in [3.63, 3.8) is 0 Å². The molecule has 0 unspecified atom stereocenters. The molecule has 0 spiro atoms. The number of para-hydroxylation sites is 1. The van der Waals surface area contributed by atoms with E-state index in [9.17, 15) is 13.2 Å². The molecule has 1 heterocycles. The Morgan fingerprint density at radius 1 is 1.00 bits per heavy atom. The molecule has 0 aliphatic heterocycles. The topological polar surface area (TPSA) is 56.1 Å². The summed E-state index contributed by atoms with van der Waals surface area (Å²) in [5, 5.41) is 0.424. The first-order chi connectivity index (χ1) is 9.50. The minimum atomic E-state index is -3.73. The predicted molar refractivity (Wildman–Crippen MR) is 79.8 cm³/mol. The van der Waals surface area contributed by atoms with Crippen LogP contribution in [0.4, 0.5) is 0 Å². The summed E-state index contributed by atoms with van der Waals surface area (Å²) < 4.78 is 26.1. The molecule has 4 nitrogen and oxygen atoms in total. The van der Waals surface area contributed by atoms with Crippen molar-refractivity contribution in [2.24, 2.45) is 0 Å². The third kappa shape index (κ3) is 1.97. The van der Waals surface area contributed by atoms with E-state index in [1.807, 2.05) is 6.92 Å². The summed E-state index contributed by atoms with van der Waals surface area (Å²) in [6, 6.07) is 13.3. The third-order valence-electron chi connectivity index (χ3n) is 3.02. The number of aryl methyl sites for hydroxylation is 1. The van der Waals surface area contributed by atoms with Gasteiger partial charge in [-0.2, -0.15) is 11.8 Å². The lowest BCUT2D eigenvalue weighted by Gasteiger charge is -2.06. The van der Waals surface area contributed by atoms with Crippen molar-refractivity contribution >= 4 is 32.5 Å². The lowest BCUT2D eigenvalue weighted by Crippen LogP contribution is -2.10. The van der Waals surface area contributed by atoms with Crippen molar-refractivity contribution in [3.05, 3.63) is 63.6 Å². The molecule has 0 fully saturated rings. The van der Waals surface area contributed by atoms with Crippen molar-refractivity contribution < 1.29 is 8.42 Å². The molecule has 3 rings (SSSR count). The van der Waals surface area contributed by atoms with E-state index < -0.39 is 10.0 Å². The van der Waals surface area contributed by atoms with Gasteiger partial charge in [-0.15, -0.1) is 0 Å². The lowest BCUT2D eigenvalue weighted by atomic mass is 10.2. The van der Waals surface area contributed by atoms with E-state index in [0.29, 0.717) is 22.4 Å². The van der Waals surface area contributed by atoms with Crippen LogP contribution in [0.25, 0.3) is 10.9 Å². The number of hydrogen-bond donors (Lipinski definition) is 0. The van der Waals surface area contributed by atoms with Crippen LogP contribution in [-0.2, 0) is 10.0 Å². The van der Waals surface area contributed by atoms with Crippen LogP contribution in [0.3, 0.4) is 0 Å². The molecule has 0 N–H and O–H groups in total. The maximum Gasteiger partial charge on any atom is 0.277 e. The Morgan fingerprint density at radius 3 is 2.35 bits per heavy atom. The van der Waals surface area contributed by atoms with Crippen LogP contribution in [0.15, 0.2) is 58.2 Å². The van der Waals surface area contributed by atoms with Crippen LogP contribution in [0.1, 0.15) is 5.56 Å². The second-order valence-corrected chi connectivity index (χ2v) is 7.38. The average Bonchev–Trinajstić information content (AvgIpc) is 2.78. The van der Waals surface area contributed by atoms with Crippen molar-refractivity contribution in [2.75, 3.05) is 0 Å². The maximum absolute atomic E-state index is 12.6. The highest BCUT2D eigenvalue weighted by molar-refractivity contribution is 7.91. The number of hydrogen-bond acceptors (Lipinski definition) is 4. The summed E-state index contributed by atoms with van der Waals surface area (Å²) in [5.74, 6) is 0. The second kappa shape index (κ2) is 4.57. The van der Waals surface area contributed by atoms with Gasteiger partial charge in [-0.3, -0.25) is 4.79 Å². The molecular formula is C14H11NO3S2. The quantitative estimate of drug-likeness (QED) is 0.731. The fraction of sp³-hybridized carbons (Fsp3) is 0.0714. The van der Waals surface area contributed by atoms with E-state index in [0.717, 1.165) is 8.93 Å². The van der Waals surface area contributed by atoms with Crippen molar-refractivity contribution in [1.82, 2.24) is 3.36 Å². The molecule has 6 heteroatoms. The first kappa shape index (κ1) is 13.1. The summed E-state index contributed by atoms with van der Waals surface area (Å²) >= 11 is 0.707. The fourth-order valence-corrected chi connectivity index (χ4v) is 4.59. The second-order valence-electron chi connectivity index (χ2n) is 4.44. The van der Waals surface area contributed by atoms with Crippen molar-refractivity contribution in [3.8, 4) is 0 Å². The summed E-state index contributed by atoms with van der Waals surface area (Å²) in [4.78, 5) is 12.0. The van der Waals surface area contributed by atoms with Crippen LogP contribution >= 0.6 is 11.5 Å². The van der Waals surface area contributed by atoms with Crippen LogP contribution in [0.2, 0.25) is 0 Å². The Hall–Kier alpha value is -1.92. The standard InChI is InChI=1S/C14H11NO3S2/c1-10-6-8-11(9-7-10)20(17,18)15-13-5-3-2-4-12(13)14(16)19-15/h2-9H,1H3. The Labute approximate surface area is 120 Å². The Bertz CT molecular complexity index is 934. The first-order valence-corrected chi connectivity index (χ1v) is 8.15. The molecule has 0 atom stereocenters. The van der Waals surface area contributed by atoms with Crippen LogP contribution in [0.5, 0.6) is 0 Å². The van der Waals surface area contributed by atoms with Gasteiger partial charge in [0.1, 0.15) is 0 Å². The zero-order chi connectivity index (χ0) is 14.3. The van der Waals surface area contributed by atoms with Gasteiger partial charge < -0.3 is 0 Å². The zero-order valence-corrected chi connectivity index (χ0v) is 12.2. The Balaban J connectivity index is 2.29. The summed E-state index contributed by atoms with van der Waals surface area (Å²) in [7, 11) is -3.73. The van der Waals surface area contributed by atoms with Gasteiger partial charge in [0, 0.05) is 11.5 Å². The molecule has 0 bridgehead atoms. The number of fused-ring (bicyclic) bond motifs is 1. The van der Waals surface area contributed by atoms with Crippen LogP contribution in [0, 0.1) is 6.92 Å². The normalized spacial score (nSPS) is 11.8. The molecule has 102 valence electrons. The highest BCUT2D eigenvalue weighted by Crippen LogP contribution is 2.22. The third-order valence-corrected chi connectivity index (χ3v) is 6.09. The number of benzene rings is 2. The molecule has 3 aromatic rings. The van der Waals surface area contributed by atoms with Gasteiger partial charge in [-0.05, 0) is 31.2 Å². The van der Waals surface area contributed by atoms with Gasteiger partial charge in [-0.25, -0.2) is 0 Å². The minimum absolute atomic E-state index is 0.181. The van der Waals surface area contributed by atoms with E-state index in [4.69, 9.17) is 0 Å². The molecule has 0 aliphatic carbocycles. The molecule has 0 amide bonds. The average molecular weight is 305 g/mol. The molecule has 0 aliphatic rings.